The van der Waals surface area contributed by atoms with Crippen molar-refractivity contribution >= 4 is 17.5 Å². The Hall–Kier alpha value is -2.86. The van der Waals surface area contributed by atoms with Crippen LogP contribution in [0.15, 0.2) is 54.6 Å². The van der Waals surface area contributed by atoms with Crippen LogP contribution < -0.4 is 15.4 Å². The Morgan fingerprint density at radius 2 is 1.64 bits per heavy atom. The van der Waals surface area contributed by atoms with E-state index in [2.05, 4.69) is 22.8 Å². The molecule has 2 amide bonds. The number of hydrogen-bond acceptors (Lipinski definition) is 4. The number of benzene rings is 2. The van der Waals surface area contributed by atoms with Gasteiger partial charge in [0.2, 0.25) is 11.8 Å². The van der Waals surface area contributed by atoms with Crippen molar-refractivity contribution in [3.8, 4) is 5.75 Å². The summed E-state index contributed by atoms with van der Waals surface area (Å²) in [5.41, 5.74) is 1.89. The molecule has 0 saturated carbocycles. The normalized spacial score (nSPS) is 10.5. The van der Waals surface area contributed by atoms with Crippen molar-refractivity contribution in [2.75, 3.05) is 38.6 Å². The summed E-state index contributed by atoms with van der Waals surface area (Å²) in [6.45, 7) is 3.50. The number of para-hydroxylation sites is 2. The van der Waals surface area contributed by atoms with Crippen LogP contribution in [0.1, 0.15) is 18.9 Å². The van der Waals surface area contributed by atoms with Gasteiger partial charge in [0.25, 0.3) is 0 Å². The second-order valence-electron chi connectivity index (χ2n) is 6.49. The molecule has 0 aromatic heterocycles. The van der Waals surface area contributed by atoms with Crippen molar-refractivity contribution < 1.29 is 14.3 Å². The van der Waals surface area contributed by atoms with Gasteiger partial charge in [0, 0.05) is 6.54 Å². The van der Waals surface area contributed by atoms with Crippen LogP contribution in [0, 0.1) is 0 Å². The number of carbonyl (C=O) groups is 2. The summed E-state index contributed by atoms with van der Waals surface area (Å²) < 4.78 is 5.24. The molecule has 28 heavy (non-hydrogen) atoms. The van der Waals surface area contributed by atoms with Gasteiger partial charge in [0.05, 0.1) is 25.9 Å². The molecule has 2 rings (SSSR count). The maximum absolute atomic E-state index is 12.3. The lowest BCUT2D eigenvalue weighted by atomic mass is 10.1. The van der Waals surface area contributed by atoms with Crippen LogP contribution in [0.25, 0.3) is 0 Å². The van der Waals surface area contributed by atoms with Crippen LogP contribution in [0.2, 0.25) is 0 Å². The first kappa shape index (κ1) is 21.4. The van der Waals surface area contributed by atoms with Crippen LogP contribution in [0.3, 0.4) is 0 Å². The Kier molecular flexibility index (Phi) is 9.01. The Bertz CT molecular complexity index is 750. The minimum atomic E-state index is -0.178. The highest BCUT2D eigenvalue weighted by Crippen LogP contribution is 2.22. The number of nitrogens with one attached hydrogen (secondary N) is 2. The molecule has 2 aromatic carbocycles. The quantitative estimate of drug-likeness (QED) is 0.586. The molecule has 0 saturated heterocycles. The Labute approximate surface area is 166 Å². The standard InChI is InChI=1S/C22H29N3O3/c1-3-25(17-22(27)24-19-13-7-8-14-20(19)28-2)16-21(26)23-15-9-12-18-10-5-4-6-11-18/h4-8,10-11,13-14H,3,9,12,15-17H2,1-2H3,(H,23,26)(H,24,27). The van der Waals surface area contributed by atoms with Crippen molar-refractivity contribution in [1.29, 1.82) is 0 Å². The summed E-state index contributed by atoms with van der Waals surface area (Å²) in [4.78, 5) is 26.3. The molecular weight excluding hydrogens is 354 g/mol. The fraction of sp³-hybridized carbons (Fsp3) is 0.364. The second kappa shape index (κ2) is 11.8. The average molecular weight is 383 g/mol. The van der Waals surface area contributed by atoms with E-state index in [0.717, 1.165) is 12.8 Å². The van der Waals surface area contributed by atoms with Crippen LogP contribution >= 0.6 is 0 Å². The summed E-state index contributed by atoms with van der Waals surface area (Å²) in [5.74, 6) is 0.360. The first-order chi connectivity index (χ1) is 13.6. The monoisotopic (exact) mass is 383 g/mol. The van der Waals surface area contributed by atoms with E-state index in [1.54, 1.807) is 24.1 Å². The maximum Gasteiger partial charge on any atom is 0.238 e. The van der Waals surface area contributed by atoms with Gasteiger partial charge in [-0.05, 0) is 37.1 Å². The zero-order valence-electron chi connectivity index (χ0n) is 16.6. The number of aryl methyl sites for hydroxylation is 1. The number of likely N-dealkylation sites (N-methyl/N-ethyl adjacent to an activating group) is 1. The molecule has 0 atom stereocenters. The molecule has 0 unspecified atom stereocenters. The van der Waals surface area contributed by atoms with Crippen LogP contribution in [-0.2, 0) is 16.0 Å². The topological polar surface area (TPSA) is 70.7 Å². The molecule has 6 heteroatoms. The van der Waals surface area contributed by atoms with E-state index in [4.69, 9.17) is 4.74 Å². The van der Waals surface area contributed by atoms with E-state index >= 15 is 0 Å². The third-order valence-corrected chi connectivity index (χ3v) is 4.37. The molecule has 6 nitrogen and oxygen atoms in total. The number of methoxy groups -OCH3 is 1. The van der Waals surface area contributed by atoms with E-state index < -0.39 is 0 Å². The van der Waals surface area contributed by atoms with Gasteiger partial charge in [0.1, 0.15) is 5.75 Å². The molecule has 2 aromatic rings. The van der Waals surface area contributed by atoms with E-state index in [1.165, 1.54) is 5.56 Å². The Morgan fingerprint density at radius 3 is 2.36 bits per heavy atom. The Morgan fingerprint density at radius 1 is 0.964 bits per heavy atom. The van der Waals surface area contributed by atoms with E-state index in [-0.39, 0.29) is 24.9 Å². The number of anilines is 1. The fourth-order valence-electron chi connectivity index (χ4n) is 2.84. The molecule has 0 aliphatic carbocycles. The minimum absolute atomic E-state index is 0.0694. The lowest BCUT2D eigenvalue weighted by Crippen LogP contribution is -2.41. The molecular formula is C22H29N3O3. The van der Waals surface area contributed by atoms with E-state index in [9.17, 15) is 9.59 Å². The zero-order valence-corrected chi connectivity index (χ0v) is 16.6. The number of ether oxygens (including phenoxy) is 1. The maximum atomic E-state index is 12.3. The SMILES string of the molecule is CCN(CC(=O)NCCCc1ccccc1)CC(=O)Nc1ccccc1OC. The molecule has 0 fully saturated rings. The van der Waals surface area contributed by atoms with Crippen LogP contribution in [0.5, 0.6) is 5.75 Å². The van der Waals surface area contributed by atoms with Crippen molar-refractivity contribution in [2.45, 2.75) is 19.8 Å². The third kappa shape index (κ3) is 7.40. The van der Waals surface area contributed by atoms with E-state index in [0.29, 0.717) is 24.5 Å². The Balaban J connectivity index is 1.71. The first-order valence-electron chi connectivity index (χ1n) is 9.58. The largest absolute Gasteiger partial charge is 0.495 e. The summed E-state index contributed by atoms with van der Waals surface area (Å²) >= 11 is 0. The molecule has 0 aliphatic heterocycles. The van der Waals surface area contributed by atoms with Gasteiger partial charge in [-0.2, -0.15) is 0 Å². The molecule has 0 spiro atoms. The number of rotatable bonds is 11. The average Bonchev–Trinajstić information content (AvgIpc) is 2.72. The summed E-state index contributed by atoms with van der Waals surface area (Å²) in [6.07, 6.45) is 1.82. The molecule has 0 bridgehead atoms. The highest BCUT2D eigenvalue weighted by molar-refractivity contribution is 5.94. The predicted molar refractivity (Wildman–Crippen MR) is 112 cm³/mol. The van der Waals surface area contributed by atoms with Crippen LogP contribution in [0.4, 0.5) is 5.69 Å². The van der Waals surface area contributed by atoms with Crippen molar-refractivity contribution in [1.82, 2.24) is 10.2 Å². The number of amides is 2. The van der Waals surface area contributed by atoms with Crippen LogP contribution in [-0.4, -0.2) is 50.0 Å². The van der Waals surface area contributed by atoms with Gasteiger partial charge in [-0.3, -0.25) is 14.5 Å². The highest BCUT2D eigenvalue weighted by Gasteiger charge is 2.14. The van der Waals surface area contributed by atoms with Crippen molar-refractivity contribution in [2.24, 2.45) is 0 Å². The van der Waals surface area contributed by atoms with Gasteiger partial charge >= 0.3 is 0 Å². The molecule has 0 aliphatic rings. The van der Waals surface area contributed by atoms with Crippen molar-refractivity contribution in [3.63, 3.8) is 0 Å². The lowest BCUT2D eigenvalue weighted by molar-refractivity contribution is -0.123. The number of carbonyl (C=O) groups excluding carboxylic acids is 2. The lowest BCUT2D eigenvalue weighted by Gasteiger charge is -2.19. The van der Waals surface area contributed by atoms with Gasteiger partial charge < -0.3 is 15.4 Å². The van der Waals surface area contributed by atoms with Gasteiger partial charge in [-0.25, -0.2) is 0 Å². The smallest absolute Gasteiger partial charge is 0.238 e. The molecule has 150 valence electrons. The fourth-order valence-corrected chi connectivity index (χ4v) is 2.84. The molecule has 2 N–H and O–H groups in total. The molecule has 0 radical (unpaired) electrons. The highest BCUT2D eigenvalue weighted by atomic mass is 16.5. The first-order valence-corrected chi connectivity index (χ1v) is 9.58. The predicted octanol–water partition coefficient (Wildman–Crippen LogP) is 2.70. The second-order valence-corrected chi connectivity index (χ2v) is 6.49. The zero-order chi connectivity index (χ0) is 20.2. The third-order valence-electron chi connectivity index (χ3n) is 4.37. The van der Waals surface area contributed by atoms with Gasteiger partial charge in [-0.15, -0.1) is 0 Å². The minimum Gasteiger partial charge on any atom is -0.495 e. The molecule has 0 heterocycles. The summed E-state index contributed by atoms with van der Waals surface area (Å²) in [6, 6.07) is 17.4. The van der Waals surface area contributed by atoms with Crippen molar-refractivity contribution in [3.05, 3.63) is 60.2 Å². The van der Waals surface area contributed by atoms with Gasteiger partial charge in [-0.1, -0.05) is 49.4 Å². The van der Waals surface area contributed by atoms with Gasteiger partial charge in [0.15, 0.2) is 0 Å². The number of nitrogens with zero attached hydrogens (tertiary/aromatic N) is 1. The number of hydrogen-bond donors (Lipinski definition) is 2. The summed E-state index contributed by atoms with van der Waals surface area (Å²) in [7, 11) is 1.56. The van der Waals surface area contributed by atoms with E-state index in [1.807, 2.05) is 37.3 Å². The summed E-state index contributed by atoms with van der Waals surface area (Å²) in [5, 5.41) is 5.76.